The van der Waals surface area contributed by atoms with Gasteiger partial charge in [-0.1, -0.05) is 20.3 Å². The molecular weight excluding hydrogens is 560 g/mol. The minimum atomic E-state index is 0. The van der Waals surface area contributed by atoms with E-state index in [0.717, 1.165) is 57.1 Å². The minimum absolute atomic E-state index is 0. The predicted molar refractivity (Wildman–Crippen MR) is 133 cm³/mol. The van der Waals surface area contributed by atoms with Gasteiger partial charge >= 0.3 is 0 Å². The van der Waals surface area contributed by atoms with Gasteiger partial charge in [-0.3, -0.25) is 9.69 Å². The SMILES string of the molecule is Br.Br.Br.CCCCC(=O)N(C)CCc1cnc(N2CCN(CCC)CC2)s1. The Balaban J connectivity index is 0. The molecule has 0 spiro atoms. The predicted octanol–water partition coefficient (Wildman–Crippen LogP) is 4.60. The molecule has 160 valence electrons. The van der Waals surface area contributed by atoms with E-state index in [4.69, 9.17) is 0 Å². The summed E-state index contributed by atoms with van der Waals surface area (Å²) >= 11 is 1.78. The van der Waals surface area contributed by atoms with Crippen molar-refractivity contribution in [3.05, 3.63) is 11.1 Å². The zero-order chi connectivity index (χ0) is 17.4. The molecule has 27 heavy (non-hydrogen) atoms. The maximum atomic E-state index is 12.0. The molecule has 9 heteroatoms. The molecule has 1 aliphatic heterocycles. The van der Waals surface area contributed by atoms with Crippen molar-refractivity contribution in [3.63, 3.8) is 0 Å². The van der Waals surface area contributed by atoms with Crippen molar-refractivity contribution in [2.75, 3.05) is 51.2 Å². The molecule has 1 aliphatic rings. The van der Waals surface area contributed by atoms with E-state index in [1.165, 1.54) is 17.8 Å². The second-order valence-electron chi connectivity index (χ2n) is 6.61. The van der Waals surface area contributed by atoms with Crippen LogP contribution in [0.15, 0.2) is 6.20 Å². The second-order valence-corrected chi connectivity index (χ2v) is 7.70. The first-order chi connectivity index (χ1) is 11.6. The van der Waals surface area contributed by atoms with Crippen molar-refractivity contribution in [2.45, 2.75) is 46.0 Å². The van der Waals surface area contributed by atoms with Crippen LogP contribution in [-0.2, 0) is 11.2 Å². The number of unbranched alkanes of at least 4 members (excludes halogenated alkanes) is 1. The van der Waals surface area contributed by atoms with Crippen LogP contribution in [0.2, 0.25) is 0 Å². The molecule has 1 saturated heterocycles. The zero-order valence-electron chi connectivity index (χ0n) is 16.7. The van der Waals surface area contributed by atoms with Gasteiger partial charge in [-0.2, -0.15) is 0 Å². The monoisotopic (exact) mass is 592 g/mol. The highest BCUT2D eigenvalue weighted by atomic mass is 79.9. The third-order valence-electron chi connectivity index (χ3n) is 4.59. The summed E-state index contributed by atoms with van der Waals surface area (Å²) in [7, 11) is 1.91. The Morgan fingerprint density at radius 1 is 1.15 bits per heavy atom. The molecule has 0 atom stereocenters. The van der Waals surface area contributed by atoms with Crippen molar-refractivity contribution in [1.29, 1.82) is 0 Å². The third kappa shape index (κ3) is 10.1. The van der Waals surface area contributed by atoms with Crippen LogP contribution in [-0.4, -0.2) is 67.0 Å². The van der Waals surface area contributed by atoms with Gasteiger partial charge in [-0.25, -0.2) is 4.98 Å². The zero-order valence-corrected chi connectivity index (χ0v) is 22.6. The van der Waals surface area contributed by atoms with Gasteiger partial charge in [-0.05, 0) is 19.4 Å². The van der Waals surface area contributed by atoms with E-state index in [-0.39, 0.29) is 56.9 Å². The molecule has 0 aromatic carbocycles. The topological polar surface area (TPSA) is 39.7 Å². The summed E-state index contributed by atoms with van der Waals surface area (Å²) in [5.41, 5.74) is 0. The average molecular weight is 595 g/mol. The molecule has 0 unspecified atom stereocenters. The van der Waals surface area contributed by atoms with Crippen molar-refractivity contribution in [3.8, 4) is 0 Å². The highest BCUT2D eigenvalue weighted by Gasteiger charge is 2.19. The Bertz CT molecular complexity index is 511. The molecule has 0 radical (unpaired) electrons. The molecule has 1 aromatic heterocycles. The van der Waals surface area contributed by atoms with Crippen molar-refractivity contribution < 1.29 is 4.79 Å². The number of likely N-dealkylation sites (N-methyl/N-ethyl adjacent to an activating group) is 1. The van der Waals surface area contributed by atoms with E-state index < -0.39 is 0 Å². The Kier molecular flexibility index (Phi) is 17.6. The number of halogens is 3. The summed E-state index contributed by atoms with van der Waals surface area (Å²) in [5.74, 6) is 0.258. The largest absolute Gasteiger partial charge is 0.346 e. The van der Waals surface area contributed by atoms with Gasteiger partial charge in [0, 0.05) is 63.7 Å². The number of hydrogen-bond donors (Lipinski definition) is 0. The average Bonchev–Trinajstić information content (AvgIpc) is 3.07. The van der Waals surface area contributed by atoms with E-state index >= 15 is 0 Å². The molecule has 1 fully saturated rings. The number of anilines is 1. The summed E-state index contributed by atoms with van der Waals surface area (Å²) in [5, 5.41) is 1.14. The van der Waals surface area contributed by atoms with Gasteiger partial charge in [0.1, 0.15) is 0 Å². The highest BCUT2D eigenvalue weighted by molar-refractivity contribution is 8.93. The van der Waals surface area contributed by atoms with Gasteiger partial charge in [0.2, 0.25) is 5.91 Å². The number of carbonyl (C=O) groups excluding carboxylic acids is 1. The minimum Gasteiger partial charge on any atom is -0.346 e. The number of nitrogens with zero attached hydrogens (tertiary/aromatic N) is 4. The highest BCUT2D eigenvalue weighted by Crippen LogP contribution is 2.24. The number of aromatic nitrogens is 1. The lowest BCUT2D eigenvalue weighted by molar-refractivity contribution is -0.129. The number of rotatable bonds is 9. The normalized spacial score (nSPS) is 14.0. The van der Waals surface area contributed by atoms with E-state index in [2.05, 4.69) is 28.6 Å². The van der Waals surface area contributed by atoms with Crippen LogP contribution < -0.4 is 4.90 Å². The lowest BCUT2D eigenvalue weighted by atomic mass is 10.2. The number of thiazole rings is 1. The van der Waals surface area contributed by atoms with Gasteiger partial charge < -0.3 is 9.80 Å². The number of piperazine rings is 1. The molecule has 0 N–H and O–H groups in total. The first kappa shape index (κ1) is 29.5. The van der Waals surface area contributed by atoms with Crippen LogP contribution in [0.3, 0.4) is 0 Å². The van der Waals surface area contributed by atoms with Gasteiger partial charge in [0.15, 0.2) is 5.13 Å². The fraction of sp³-hybridized carbons (Fsp3) is 0.778. The Hall–Kier alpha value is 0.300. The van der Waals surface area contributed by atoms with Crippen LogP contribution in [0.4, 0.5) is 5.13 Å². The quantitative estimate of drug-likeness (QED) is 0.419. The second kappa shape index (κ2) is 16.1. The van der Waals surface area contributed by atoms with Crippen molar-refractivity contribution >= 4 is 73.3 Å². The molecule has 2 heterocycles. The van der Waals surface area contributed by atoms with Gasteiger partial charge in [0.25, 0.3) is 0 Å². The first-order valence-corrected chi connectivity index (χ1v) is 10.1. The smallest absolute Gasteiger partial charge is 0.222 e. The summed E-state index contributed by atoms with van der Waals surface area (Å²) in [6.07, 6.45) is 6.85. The van der Waals surface area contributed by atoms with Gasteiger partial charge in [0.05, 0.1) is 0 Å². The molecule has 0 bridgehead atoms. The van der Waals surface area contributed by atoms with E-state index in [9.17, 15) is 4.79 Å². The fourth-order valence-electron chi connectivity index (χ4n) is 2.96. The van der Waals surface area contributed by atoms with E-state index in [1.807, 2.05) is 18.1 Å². The standard InChI is InChI=1S/C18H32N4OS.3BrH/c1-4-6-7-17(23)20(3)10-8-16-15-19-18(24-16)22-13-11-21(9-5-2)12-14-22;;;/h15H,4-14H2,1-3H3;3*1H. The lowest BCUT2D eigenvalue weighted by Gasteiger charge is -2.34. The van der Waals surface area contributed by atoms with Crippen LogP contribution in [0.5, 0.6) is 0 Å². The third-order valence-corrected chi connectivity index (χ3v) is 5.71. The van der Waals surface area contributed by atoms with Gasteiger partial charge in [-0.15, -0.1) is 62.3 Å². The number of hydrogen-bond acceptors (Lipinski definition) is 5. The first-order valence-electron chi connectivity index (χ1n) is 9.30. The van der Waals surface area contributed by atoms with E-state index in [1.54, 1.807) is 11.3 Å². The molecule has 1 aromatic rings. The molecule has 5 nitrogen and oxygen atoms in total. The number of carbonyl (C=O) groups is 1. The van der Waals surface area contributed by atoms with Crippen LogP contribution in [0.25, 0.3) is 0 Å². The number of amides is 1. The van der Waals surface area contributed by atoms with E-state index in [0.29, 0.717) is 6.42 Å². The molecular formula is C18H35Br3N4OS. The summed E-state index contributed by atoms with van der Waals surface area (Å²) in [6, 6.07) is 0. The Morgan fingerprint density at radius 3 is 2.41 bits per heavy atom. The molecule has 0 aliphatic carbocycles. The van der Waals surface area contributed by atoms with Crippen LogP contribution in [0.1, 0.15) is 44.4 Å². The summed E-state index contributed by atoms with van der Waals surface area (Å²) in [6.45, 7) is 10.8. The Morgan fingerprint density at radius 2 is 1.81 bits per heavy atom. The maximum absolute atomic E-state index is 12.0. The van der Waals surface area contributed by atoms with Crippen LogP contribution >= 0.6 is 62.3 Å². The maximum Gasteiger partial charge on any atom is 0.222 e. The fourth-order valence-corrected chi connectivity index (χ4v) is 3.91. The lowest BCUT2D eigenvalue weighted by Crippen LogP contribution is -2.46. The molecule has 2 rings (SSSR count). The Labute approximate surface area is 200 Å². The van der Waals surface area contributed by atoms with Crippen molar-refractivity contribution in [2.24, 2.45) is 0 Å². The van der Waals surface area contributed by atoms with Crippen LogP contribution in [0, 0.1) is 0 Å². The molecule has 0 saturated carbocycles. The molecule has 1 amide bonds. The van der Waals surface area contributed by atoms with Crippen molar-refractivity contribution in [1.82, 2.24) is 14.8 Å². The summed E-state index contributed by atoms with van der Waals surface area (Å²) in [4.78, 5) is 24.6. The summed E-state index contributed by atoms with van der Waals surface area (Å²) < 4.78 is 0.